The summed E-state index contributed by atoms with van der Waals surface area (Å²) in [4.78, 5) is 16.9. The maximum atomic E-state index is 13.3. The molecule has 0 bridgehead atoms. The fourth-order valence-corrected chi connectivity index (χ4v) is 3.75. The van der Waals surface area contributed by atoms with E-state index in [-0.39, 0.29) is 5.91 Å². The molecule has 4 nitrogen and oxygen atoms in total. The van der Waals surface area contributed by atoms with E-state index >= 15 is 0 Å². The second-order valence-electron chi connectivity index (χ2n) is 6.97. The molecule has 0 aliphatic carbocycles. The van der Waals surface area contributed by atoms with Crippen molar-refractivity contribution >= 4 is 23.0 Å². The average Bonchev–Trinajstić information content (AvgIpc) is 2.81. The van der Waals surface area contributed by atoms with Crippen LogP contribution in [0.25, 0.3) is 11.3 Å². The quantitative estimate of drug-likeness (QED) is 0.556. The molecule has 1 amide bonds. The number of rotatable bonds is 2. The smallest absolute Gasteiger partial charge is 0.255 e. The second kappa shape index (κ2) is 9.37. The third-order valence-corrected chi connectivity index (χ3v) is 5.24. The number of likely N-dealkylation sites (tertiary alicyclic amines) is 1. The zero-order valence-corrected chi connectivity index (χ0v) is 17.3. The third-order valence-electron chi connectivity index (χ3n) is 5.24. The molecular formula is C25H29N3O. The van der Waals surface area contributed by atoms with Gasteiger partial charge in [0.2, 0.25) is 0 Å². The van der Waals surface area contributed by atoms with Crippen molar-refractivity contribution in [1.82, 2.24) is 9.80 Å². The van der Waals surface area contributed by atoms with Crippen molar-refractivity contribution in [3.05, 3.63) is 84.1 Å². The molecule has 0 aromatic heterocycles. The summed E-state index contributed by atoms with van der Waals surface area (Å²) in [7, 11) is 0. The number of carbonyl (C=O) groups is 1. The zero-order chi connectivity index (χ0) is 20.8. The lowest BCUT2D eigenvalue weighted by Crippen LogP contribution is -2.38. The van der Waals surface area contributed by atoms with Gasteiger partial charge < -0.3 is 9.80 Å². The Morgan fingerprint density at radius 3 is 2.14 bits per heavy atom. The monoisotopic (exact) mass is 387 g/mol. The number of hydrogen-bond donors (Lipinski definition) is 1. The molecule has 29 heavy (non-hydrogen) atoms. The van der Waals surface area contributed by atoms with Crippen molar-refractivity contribution in [2.75, 3.05) is 13.1 Å². The molecule has 1 saturated heterocycles. The van der Waals surface area contributed by atoms with Crippen LogP contribution >= 0.6 is 0 Å². The van der Waals surface area contributed by atoms with E-state index in [0.29, 0.717) is 11.4 Å². The molecule has 2 aromatic carbocycles. The molecule has 1 N–H and O–H groups in total. The number of amidine groups is 1. The fourth-order valence-electron chi connectivity index (χ4n) is 3.75. The van der Waals surface area contributed by atoms with E-state index in [1.54, 1.807) is 11.1 Å². The molecule has 2 aromatic rings. The Labute approximate surface area is 173 Å². The number of piperidine rings is 1. The molecule has 0 radical (unpaired) electrons. The van der Waals surface area contributed by atoms with Gasteiger partial charge in [0.05, 0.1) is 5.57 Å². The number of amides is 1. The molecule has 2 aliphatic rings. The summed E-state index contributed by atoms with van der Waals surface area (Å²) in [5, 5.41) is 8.67. The van der Waals surface area contributed by atoms with Gasteiger partial charge in [0.15, 0.2) is 0 Å². The van der Waals surface area contributed by atoms with Crippen LogP contribution in [-0.4, -0.2) is 34.6 Å². The van der Waals surface area contributed by atoms with Crippen LogP contribution in [0, 0.1) is 5.41 Å². The first kappa shape index (κ1) is 20.6. The second-order valence-corrected chi connectivity index (χ2v) is 6.97. The molecule has 4 rings (SSSR count). The van der Waals surface area contributed by atoms with Crippen molar-refractivity contribution in [2.24, 2.45) is 0 Å². The molecular weight excluding hydrogens is 358 g/mol. The first-order valence-electron chi connectivity index (χ1n) is 10.4. The standard InChI is InChI=1S/C23H23N3O.C2H6/c1-17-19-12-6-7-13-20(19)21(23(27)25-14-8-3-9-15-25)16-26(17)22(24)18-10-4-2-5-11-18;1-2/h2,4-7,10-13,16,24H,1,3,8-9,14-15H2;1-2H3. The Morgan fingerprint density at radius 2 is 1.48 bits per heavy atom. The minimum absolute atomic E-state index is 0.0421. The van der Waals surface area contributed by atoms with Gasteiger partial charge in [0.1, 0.15) is 5.84 Å². The van der Waals surface area contributed by atoms with Gasteiger partial charge in [-0.15, -0.1) is 0 Å². The largest absolute Gasteiger partial charge is 0.339 e. The van der Waals surface area contributed by atoms with E-state index in [1.165, 1.54) is 6.42 Å². The number of carbonyl (C=O) groups excluding carboxylic acids is 1. The van der Waals surface area contributed by atoms with Crippen LogP contribution in [0.3, 0.4) is 0 Å². The summed E-state index contributed by atoms with van der Waals surface area (Å²) in [6, 6.07) is 17.4. The van der Waals surface area contributed by atoms with Gasteiger partial charge in [0, 0.05) is 36.1 Å². The van der Waals surface area contributed by atoms with E-state index in [0.717, 1.165) is 48.3 Å². The van der Waals surface area contributed by atoms with Gasteiger partial charge in [-0.3, -0.25) is 10.2 Å². The van der Waals surface area contributed by atoms with Crippen LogP contribution in [0.4, 0.5) is 0 Å². The number of fused-ring (bicyclic) bond motifs is 1. The van der Waals surface area contributed by atoms with E-state index in [2.05, 4.69) is 6.58 Å². The normalized spacial score (nSPS) is 15.7. The van der Waals surface area contributed by atoms with Crippen molar-refractivity contribution in [3.63, 3.8) is 0 Å². The van der Waals surface area contributed by atoms with Crippen LogP contribution in [0.2, 0.25) is 0 Å². The Kier molecular flexibility index (Phi) is 6.65. The lowest BCUT2D eigenvalue weighted by atomic mass is 9.93. The summed E-state index contributed by atoms with van der Waals surface area (Å²) in [5.41, 5.74) is 3.95. The summed E-state index contributed by atoms with van der Waals surface area (Å²) < 4.78 is 0. The van der Waals surface area contributed by atoms with Gasteiger partial charge in [-0.1, -0.05) is 75.0 Å². The SMILES string of the molecule is C=C1c2ccccc2C(C(=O)N2CCCCC2)=CN1C(=N)c1ccccc1.CC. The maximum absolute atomic E-state index is 13.3. The average molecular weight is 388 g/mol. The highest BCUT2D eigenvalue weighted by Crippen LogP contribution is 2.35. The first-order valence-corrected chi connectivity index (χ1v) is 10.4. The number of nitrogens with zero attached hydrogens (tertiary/aromatic N) is 2. The van der Waals surface area contributed by atoms with Gasteiger partial charge >= 0.3 is 0 Å². The lowest BCUT2D eigenvalue weighted by Gasteiger charge is -2.33. The zero-order valence-electron chi connectivity index (χ0n) is 17.3. The van der Waals surface area contributed by atoms with Crippen molar-refractivity contribution < 1.29 is 4.79 Å². The highest BCUT2D eigenvalue weighted by molar-refractivity contribution is 6.22. The topological polar surface area (TPSA) is 47.4 Å². The first-order chi connectivity index (χ1) is 14.2. The summed E-state index contributed by atoms with van der Waals surface area (Å²) >= 11 is 0. The van der Waals surface area contributed by atoms with Crippen LogP contribution in [0.15, 0.2) is 67.4 Å². The minimum atomic E-state index is 0.0421. The molecule has 2 aliphatic heterocycles. The summed E-state index contributed by atoms with van der Waals surface area (Å²) in [5.74, 6) is 0.361. The van der Waals surface area contributed by atoms with Crippen LogP contribution in [-0.2, 0) is 4.79 Å². The van der Waals surface area contributed by atoms with Gasteiger partial charge in [0.25, 0.3) is 5.91 Å². The Hall–Kier alpha value is -3.14. The summed E-state index contributed by atoms with van der Waals surface area (Å²) in [6.45, 7) is 9.81. The third kappa shape index (κ3) is 4.16. The highest BCUT2D eigenvalue weighted by Gasteiger charge is 2.30. The number of nitrogens with one attached hydrogen (secondary N) is 1. The lowest BCUT2D eigenvalue weighted by molar-refractivity contribution is -0.125. The van der Waals surface area contributed by atoms with Gasteiger partial charge in [-0.25, -0.2) is 0 Å². The minimum Gasteiger partial charge on any atom is -0.339 e. The Bertz CT molecular complexity index is 924. The van der Waals surface area contributed by atoms with Crippen molar-refractivity contribution in [1.29, 1.82) is 5.41 Å². The molecule has 150 valence electrons. The van der Waals surface area contributed by atoms with Gasteiger partial charge in [-0.2, -0.15) is 0 Å². The van der Waals surface area contributed by atoms with Crippen LogP contribution in [0.5, 0.6) is 0 Å². The van der Waals surface area contributed by atoms with Crippen LogP contribution in [0.1, 0.15) is 49.8 Å². The van der Waals surface area contributed by atoms with Crippen molar-refractivity contribution in [3.8, 4) is 0 Å². The van der Waals surface area contributed by atoms with Crippen LogP contribution < -0.4 is 0 Å². The highest BCUT2D eigenvalue weighted by atomic mass is 16.2. The molecule has 0 saturated carbocycles. The number of hydrogen-bond acceptors (Lipinski definition) is 2. The van der Waals surface area contributed by atoms with E-state index in [1.807, 2.05) is 73.3 Å². The van der Waals surface area contributed by atoms with E-state index in [9.17, 15) is 4.79 Å². The Balaban J connectivity index is 0.00000117. The Morgan fingerprint density at radius 1 is 0.897 bits per heavy atom. The molecule has 0 atom stereocenters. The molecule has 0 unspecified atom stereocenters. The predicted molar refractivity (Wildman–Crippen MR) is 120 cm³/mol. The maximum Gasteiger partial charge on any atom is 0.255 e. The molecule has 2 heterocycles. The summed E-state index contributed by atoms with van der Waals surface area (Å²) in [6.07, 6.45) is 5.08. The van der Waals surface area contributed by atoms with E-state index in [4.69, 9.17) is 5.41 Å². The predicted octanol–water partition coefficient (Wildman–Crippen LogP) is 5.38. The fraction of sp³-hybridized carbons (Fsp3) is 0.280. The van der Waals surface area contributed by atoms with E-state index < -0.39 is 0 Å². The molecule has 4 heteroatoms. The molecule has 0 spiro atoms. The van der Waals surface area contributed by atoms with Crippen molar-refractivity contribution in [2.45, 2.75) is 33.1 Å². The number of benzene rings is 2. The molecule has 1 fully saturated rings. The van der Waals surface area contributed by atoms with Gasteiger partial charge in [-0.05, 0) is 24.8 Å².